The number of piperazine rings is 1. The number of likely N-dealkylation sites (tertiary alicyclic amines) is 1. The molecule has 0 aromatic heterocycles. The number of hydrogen-bond donors (Lipinski definition) is 1. The predicted molar refractivity (Wildman–Crippen MR) is 137 cm³/mol. The van der Waals surface area contributed by atoms with Crippen LogP contribution in [0, 0.1) is 17.2 Å². The van der Waals surface area contributed by atoms with Crippen LogP contribution in [0.25, 0.3) is 0 Å². The molecule has 2 heterocycles. The Balaban J connectivity index is 1.19. The summed E-state index contributed by atoms with van der Waals surface area (Å²) in [7, 11) is 0. The van der Waals surface area contributed by atoms with E-state index in [-0.39, 0.29) is 18.1 Å². The van der Waals surface area contributed by atoms with Crippen LogP contribution >= 0.6 is 0 Å². The molecule has 0 radical (unpaired) electrons. The number of urea groups is 1. The van der Waals surface area contributed by atoms with Crippen LogP contribution < -0.4 is 10.2 Å². The van der Waals surface area contributed by atoms with Crippen molar-refractivity contribution in [3.05, 3.63) is 65.7 Å². The van der Waals surface area contributed by atoms with Crippen LogP contribution in [0.4, 0.5) is 10.5 Å². The summed E-state index contributed by atoms with van der Waals surface area (Å²) >= 11 is 0. The topological polar surface area (TPSA) is 62.6 Å². The second-order valence-corrected chi connectivity index (χ2v) is 9.89. The van der Waals surface area contributed by atoms with Gasteiger partial charge in [-0.15, -0.1) is 0 Å². The molecule has 0 saturated carbocycles. The third kappa shape index (κ3) is 6.09. The van der Waals surface area contributed by atoms with E-state index in [1.807, 2.05) is 29.2 Å². The highest BCUT2D eigenvalue weighted by Gasteiger charge is 2.33. The quantitative estimate of drug-likeness (QED) is 0.692. The first-order chi connectivity index (χ1) is 16.5. The highest BCUT2D eigenvalue weighted by molar-refractivity contribution is 5.75. The number of carbonyl (C=O) groups is 1. The average Bonchev–Trinajstić information content (AvgIpc) is 2.85. The van der Waals surface area contributed by atoms with Crippen LogP contribution in [0.15, 0.2) is 54.6 Å². The van der Waals surface area contributed by atoms with Crippen molar-refractivity contribution in [2.24, 2.45) is 5.92 Å². The summed E-state index contributed by atoms with van der Waals surface area (Å²) in [6.07, 6.45) is 3.47. The number of anilines is 1. The van der Waals surface area contributed by atoms with Crippen molar-refractivity contribution in [3.63, 3.8) is 0 Å². The minimum absolute atomic E-state index is 0.0565. The summed E-state index contributed by atoms with van der Waals surface area (Å²) in [6.45, 7) is 9.89. The molecule has 2 aliphatic rings. The number of piperidine rings is 1. The molecule has 2 saturated heterocycles. The van der Waals surface area contributed by atoms with Gasteiger partial charge in [0.15, 0.2) is 0 Å². The number of amides is 2. The molecule has 2 aromatic carbocycles. The normalized spacial score (nSPS) is 21.8. The lowest BCUT2D eigenvalue weighted by atomic mass is 9.93. The van der Waals surface area contributed by atoms with Crippen molar-refractivity contribution in [3.8, 4) is 6.07 Å². The zero-order valence-corrected chi connectivity index (χ0v) is 20.5. The van der Waals surface area contributed by atoms with E-state index in [0.717, 1.165) is 51.4 Å². The van der Waals surface area contributed by atoms with Crippen LogP contribution in [-0.4, -0.2) is 60.6 Å². The number of carbonyl (C=O) groups excluding carboxylic acids is 1. The molecule has 2 aromatic rings. The number of nitrogens with one attached hydrogen (secondary N) is 1. The monoisotopic (exact) mass is 459 g/mol. The van der Waals surface area contributed by atoms with E-state index in [9.17, 15) is 4.79 Å². The molecule has 2 amide bonds. The van der Waals surface area contributed by atoms with Crippen molar-refractivity contribution in [1.29, 1.82) is 5.26 Å². The highest BCUT2D eigenvalue weighted by Crippen LogP contribution is 2.24. The standard InChI is InChI=1S/C28H37N5O/c1-22-19-32(27-10-8-25(18-29)9-11-27)20-23(2)33(22)28(34)30-15-12-24-13-16-31(17-14-24)21-26-6-4-3-5-7-26/h3-11,22-24H,12-17,19-21H2,1-2H3,(H,30,34)/t22-,23-/m1/s1. The fourth-order valence-electron chi connectivity index (χ4n) is 5.43. The van der Waals surface area contributed by atoms with E-state index in [0.29, 0.717) is 11.5 Å². The van der Waals surface area contributed by atoms with Gasteiger partial charge >= 0.3 is 6.03 Å². The Morgan fingerprint density at radius 2 is 1.65 bits per heavy atom. The minimum Gasteiger partial charge on any atom is -0.367 e. The maximum Gasteiger partial charge on any atom is 0.318 e. The molecule has 2 fully saturated rings. The van der Waals surface area contributed by atoms with Gasteiger partial charge in [0.25, 0.3) is 0 Å². The molecule has 2 atom stereocenters. The van der Waals surface area contributed by atoms with Gasteiger partial charge < -0.3 is 15.1 Å². The minimum atomic E-state index is 0.0565. The SMILES string of the molecule is C[C@@H]1CN(c2ccc(C#N)cc2)C[C@@H](C)N1C(=O)NCCC1CCN(Cc2ccccc2)CC1. The van der Waals surface area contributed by atoms with E-state index in [1.54, 1.807) is 0 Å². The number of hydrogen-bond acceptors (Lipinski definition) is 4. The Labute approximate surface area is 204 Å². The lowest BCUT2D eigenvalue weighted by Gasteiger charge is -2.45. The molecule has 180 valence electrons. The lowest BCUT2D eigenvalue weighted by molar-refractivity contribution is 0.139. The molecule has 6 heteroatoms. The summed E-state index contributed by atoms with van der Waals surface area (Å²) in [6, 6.07) is 20.9. The molecule has 34 heavy (non-hydrogen) atoms. The summed E-state index contributed by atoms with van der Waals surface area (Å²) in [5.41, 5.74) is 3.16. The van der Waals surface area contributed by atoms with Gasteiger partial charge in [-0.25, -0.2) is 4.79 Å². The third-order valence-electron chi connectivity index (χ3n) is 7.30. The fourth-order valence-corrected chi connectivity index (χ4v) is 5.43. The van der Waals surface area contributed by atoms with E-state index < -0.39 is 0 Å². The van der Waals surface area contributed by atoms with E-state index in [4.69, 9.17) is 5.26 Å². The maximum atomic E-state index is 13.0. The van der Waals surface area contributed by atoms with Crippen LogP contribution in [-0.2, 0) is 6.54 Å². The largest absolute Gasteiger partial charge is 0.367 e. The summed E-state index contributed by atoms with van der Waals surface area (Å²) in [5.74, 6) is 0.690. The molecule has 2 aliphatic heterocycles. The zero-order valence-electron chi connectivity index (χ0n) is 20.5. The van der Waals surface area contributed by atoms with Crippen molar-refractivity contribution >= 4 is 11.7 Å². The Kier molecular flexibility index (Phi) is 8.08. The Bertz CT molecular complexity index is 951. The van der Waals surface area contributed by atoms with Gasteiger partial charge in [0.2, 0.25) is 0 Å². The lowest BCUT2D eigenvalue weighted by Crippen LogP contribution is -2.61. The number of nitriles is 1. The van der Waals surface area contributed by atoms with Crippen LogP contribution in [0.1, 0.15) is 44.2 Å². The van der Waals surface area contributed by atoms with Crippen molar-refractivity contribution in [2.75, 3.05) is 37.6 Å². The van der Waals surface area contributed by atoms with E-state index >= 15 is 0 Å². The fraction of sp³-hybridized carbons (Fsp3) is 0.500. The number of nitrogens with zero attached hydrogens (tertiary/aromatic N) is 4. The molecule has 1 N–H and O–H groups in total. The van der Waals surface area contributed by atoms with Gasteiger partial charge in [-0.05, 0) is 81.9 Å². The second kappa shape index (κ2) is 11.4. The molecule has 0 bridgehead atoms. The molecule has 4 rings (SSSR count). The van der Waals surface area contributed by atoms with Gasteiger partial charge in [-0.3, -0.25) is 4.90 Å². The second-order valence-electron chi connectivity index (χ2n) is 9.89. The molecular weight excluding hydrogens is 422 g/mol. The van der Waals surface area contributed by atoms with Crippen LogP contribution in [0.2, 0.25) is 0 Å². The Hall–Kier alpha value is -3.04. The molecule has 0 aliphatic carbocycles. The summed E-state index contributed by atoms with van der Waals surface area (Å²) in [5, 5.41) is 12.2. The summed E-state index contributed by atoms with van der Waals surface area (Å²) in [4.78, 5) is 19.8. The van der Waals surface area contributed by atoms with Gasteiger partial charge in [0, 0.05) is 44.0 Å². The average molecular weight is 460 g/mol. The van der Waals surface area contributed by atoms with Crippen molar-refractivity contribution in [1.82, 2.24) is 15.1 Å². The predicted octanol–water partition coefficient (Wildman–Crippen LogP) is 4.47. The smallest absolute Gasteiger partial charge is 0.318 e. The molecule has 0 spiro atoms. The summed E-state index contributed by atoms with van der Waals surface area (Å²) < 4.78 is 0. The van der Waals surface area contributed by atoms with Gasteiger partial charge in [-0.2, -0.15) is 5.26 Å². The van der Waals surface area contributed by atoms with Crippen molar-refractivity contribution in [2.45, 2.75) is 51.7 Å². The van der Waals surface area contributed by atoms with Crippen molar-refractivity contribution < 1.29 is 4.79 Å². The Morgan fingerprint density at radius 3 is 2.26 bits per heavy atom. The first kappa shape index (κ1) is 24.1. The first-order valence-electron chi connectivity index (χ1n) is 12.6. The molecule has 6 nitrogen and oxygen atoms in total. The maximum absolute atomic E-state index is 13.0. The zero-order chi connectivity index (χ0) is 23.9. The number of benzene rings is 2. The van der Waals surface area contributed by atoms with E-state index in [2.05, 4.69) is 65.4 Å². The molecular formula is C28H37N5O. The van der Waals surface area contributed by atoms with Crippen LogP contribution in [0.5, 0.6) is 0 Å². The first-order valence-corrected chi connectivity index (χ1v) is 12.6. The van der Waals surface area contributed by atoms with E-state index in [1.165, 1.54) is 18.4 Å². The number of rotatable bonds is 6. The van der Waals surface area contributed by atoms with Gasteiger partial charge in [0.05, 0.1) is 11.6 Å². The van der Waals surface area contributed by atoms with Gasteiger partial charge in [0.1, 0.15) is 0 Å². The molecule has 0 unspecified atom stereocenters. The highest BCUT2D eigenvalue weighted by atomic mass is 16.2. The Morgan fingerprint density at radius 1 is 1.00 bits per heavy atom. The van der Waals surface area contributed by atoms with Crippen LogP contribution in [0.3, 0.4) is 0 Å². The third-order valence-corrected chi connectivity index (χ3v) is 7.30. The van der Waals surface area contributed by atoms with Gasteiger partial charge in [-0.1, -0.05) is 30.3 Å².